The van der Waals surface area contributed by atoms with Gasteiger partial charge in [-0.1, -0.05) is 38.2 Å². The van der Waals surface area contributed by atoms with Crippen LogP contribution in [0.3, 0.4) is 0 Å². The number of carbonyl (C=O) groups excluding carboxylic acids is 1. The summed E-state index contributed by atoms with van der Waals surface area (Å²) < 4.78 is 78.2. The van der Waals surface area contributed by atoms with Gasteiger partial charge in [-0.3, -0.25) is 4.79 Å². The predicted molar refractivity (Wildman–Crippen MR) is 125 cm³/mol. The fraction of sp³-hybridized carbons (Fsp3) is 0.741. The Labute approximate surface area is 213 Å². The molecule has 0 heterocycles. The Bertz CT molecular complexity index is 936. The maximum Gasteiger partial charge on any atom is 0.426 e. The van der Waals surface area contributed by atoms with Gasteiger partial charge in [0, 0.05) is 12.8 Å². The van der Waals surface area contributed by atoms with E-state index in [4.69, 9.17) is 0 Å². The average Bonchev–Trinajstić information content (AvgIpc) is 3.11. The number of allylic oxidation sites excluding steroid dienone is 3. The van der Waals surface area contributed by atoms with Crippen LogP contribution >= 0.6 is 0 Å². The first-order chi connectivity index (χ1) is 16.9. The first kappa shape index (κ1) is 29.9. The van der Waals surface area contributed by atoms with Crippen LogP contribution < -0.4 is 0 Å². The van der Waals surface area contributed by atoms with Gasteiger partial charge in [-0.05, 0) is 72.8 Å². The van der Waals surface area contributed by atoms with Crippen LogP contribution in [0.5, 0.6) is 0 Å². The van der Waals surface area contributed by atoms with Gasteiger partial charge in [0.15, 0.2) is 0 Å². The lowest BCUT2D eigenvalue weighted by Crippen LogP contribution is -2.58. The SMILES string of the molecule is C=C1/C(=C/C=C2\CCC[C@]3(C)[C@@H]([C@H](C)CC(=O)CC(O)(C(F)(F)F)C(F)(F)F)CC[C@@H]23)C[C@@H](O)C[C@@H]1O. The maximum absolute atomic E-state index is 13.0. The Morgan fingerprint density at radius 3 is 2.35 bits per heavy atom. The molecular weight excluding hydrogens is 502 g/mol. The van der Waals surface area contributed by atoms with E-state index in [0.29, 0.717) is 18.4 Å². The lowest BCUT2D eigenvalue weighted by molar-refractivity contribution is -0.367. The van der Waals surface area contributed by atoms with Crippen molar-refractivity contribution >= 4 is 5.78 Å². The van der Waals surface area contributed by atoms with Gasteiger partial charge >= 0.3 is 12.4 Å². The lowest BCUT2D eigenvalue weighted by atomic mass is 9.60. The number of halogens is 6. The van der Waals surface area contributed by atoms with E-state index in [1.165, 1.54) is 5.57 Å². The van der Waals surface area contributed by atoms with E-state index in [2.05, 4.69) is 13.5 Å². The van der Waals surface area contributed by atoms with Crippen molar-refractivity contribution in [2.45, 2.75) is 102 Å². The number of alkyl halides is 6. The zero-order chi connectivity index (χ0) is 28.0. The normalized spacial score (nSPS) is 34.6. The van der Waals surface area contributed by atoms with Crippen molar-refractivity contribution in [3.05, 3.63) is 35.5 Å². The van der Waals surface area contributed by atoms with E-state index >= 15 is 0 Å². The number of fused-ring (bicyclic) bond motifs is 1. The number of aliphatic hydroxyl groups is 3. The fourth-order valence-electron chi connectivity index (χ4n) is 6.90. The number of carbonyl (C=O) groups is 1. The lowest BCUT2D eigenvalue weighted by Gasteiger charge is -2.44. The van der Waals surface area contributed by atoms with E-state index in [1.807, 2.05) is 12.2 Å². The Balaban J connectivity index is 1.74. The smallest absolute Gasteiger partial charge is 0.393 e. The molecule has 0 radical (unpaired) electrons. The van der Waals surface area contributed by atoms with Crippen LogP contribution in [0.2, 0.25) is 0 Å². The van der Waals surface area contributed by atoms with E-state index in [1.54, 1.807) is 6.92 Å². The molecule has 6 atom stereocenters. The molecule has 210 valence electrons. The molecule has 0 unspecified atom stereocenters. The second kappa shape index (κ2) is 10.5. The van der Waals surface area contributed by atoms with Crippen LogP contribution in [-0.2, 0) is 4.79 Å². The molecule has 0 spiro atoms. The summed E-state index contributed by atoms with van der Waals surface area (Å²) in [6.07, 6.45) is -7.47. The largest absolute Gasteiger partial charge is 0.426 e. The minimum Gasteiger partial charge on any atom is -0.393 e. The van der Waals surface area contributed by atoms with E-state index in [9.17, 15) is 46.5 Å². The van der Waals surface area contributed by atoms with Crippen molar-refractivity contribution in [1.29, 1.82) is 0 Å². The van der Waals surface area contributed by atoms with Gasteiger partial charge in [0.25, 0.3) is 5.60 Å². The Morgan fingerprint density at radius 1 is 1.14 bits per heavy atom. The fourth-order valence-corrected chi connectivity index (χ4v) is 6.90. The Hall–Kier alpha value is -1.65. The minimum atomic E-state index is -6.01. The highest BCUT2D eigenvalue weighted by molar-refractivity contribution is 5.80. The van der Waals surface area contributed by atoms with Gasteiger partial charge in [-0.25, -0.2) is 0 Å². The average molecular weight is 539 g/mol. The molecule has 0 aromatic carbocycles. The molecule has 0 aliphatic heterocycles. The zero-order valence-corrected chi connectivity index (χ0v) is 21.1. The van der Waals surface area contributed by atoms with E-state index < -0.39 is 54.7 Å². The van der Waals surface area contributed by atoms with Gasteiger partial charge in [-0.15, -0.1) is 0 Å². The molecule has 37 heavy (non-hydrogen) atoms. The summed E-state index contributed by atoms with van der Waals surface area (Å²) in [6, 6.07) is 0. The first-order valence-electron chi connectivity index (χ1n) is 12.7. The number of hydrogen-bond acceptors (Lipinski definition) is 4. The highest BCUT2D eigenvalue weighted by Crippen LogP contribution is 2.60. The third-order valence-electron chi connectivity index (χ3n) is 8.93. The van der Waals surface area contributed by atoms with Crippen LogP contribution in [0, 0.1) is 23.2 Å². The molecule has 4 nitrogen and oxygen atoms in total. The molecule has 3 rings (SSSR count). The van der Waals surface area contributed by atoms with Crippen LogP contribution in [0.4, 0.5) is 26.3 Å². The molecule has 0 aromatic heterocycles. The maximum atomic E-state index is 13.0. The second-order valence-electron chi connectivity index (χ2n) is 11.4. The molecule has 10 heteroatoms. The van der Waals surface area contributed by atoms with Crippen molar-refractivity contribution < 1.29 is 46.5 Å². The van der Waals surface area contributed by atoms with Gasteiger partial charge in [0.05, 0.1) is 18.6 Å². The summed E-state index contributed by atoms with van der Waals surface area (Å²) in [5.41, 5.74) is -2.79. The van der Waals surface area contributed by atoms with Gasteiger partial charge in [-0.2, -0.15) is 26.3 Å². The summed E-state index contributed by atoms with van der Waals surface area (Å²) in [5.74, 6) is -1.64. The zero-order valence-electron chi connectivity index (χ0n) is 21.1. The number of rotatable bonds is 6. The van der Waals surface area contributed by atoms with Crippen LogP contribution in [-0.4, -0.2) is 51.3 Å². The van der Waals surface area contributed by atoms with Gasteiger partial charge in [0.1, 0.15) is 5.78 Å². The summed E-state index contributed by atoms with van der Waals surface area (Å²) in [4.78, 5) is 12.4. The number of ketones is 1. The molecule has 3 aliphatic carbocycles. The molecule has 0 amide bonds. The van der Waals surface area contributed by atoms with Crippen LogP contribution in [0.1, 0.15) is 71.6 Å². The quantitative estimate of drug-likeness (QED) is 0.364. The monoisotopic (exact) mass is 538 g/mol. The number of Topliss-reactive ketones (excluding diaryl/α,β-unsaturated/α-hetero) is 1. The van der Waals surface area contributed by atoms with E-state index in [0.717, 1.165) is 31.3 Å². The summed E-state index contributed by atoms with van der Waals surface area (Å²) in [7, 11) is 0. The highest BCUT2D eigenvalue weighted by Gasteiger charge is 2.70. The highest BCUT2D eigenvalue weighted by atomic mass is 19.4. The summed E-state index contributed by atoms with van der Waals surface area (Å²) in [5, 5.41) is 29.5. The van der Waals surface area contributed by atoms with Gasteiger partial charge in [0.2, 0.25) is 0 Å². The molecule has 3 saturated carbocycles. The Morgan fingerprint density at radius 2 is 1.76 bits per heavy atom. The van der Waals surface area contributed by atoms with Crippen molar-refractivity contribution in [2.75, 3.05) is 0 Å². The molecule has 3 N–H and O–H groups in total. The molecule has 3 aliphatic rings. The minimum absolute atomic E-state index is 0.0732. The second-order valence-corrected chi connectivity index (χ2v) is 11.4. The van der Waals surface area contributed by atoms with Gasteiger partial charge < -0.3 is 15.3 Å². The third-order valence-corrected chi connectivity index (χ3v) is 8.93. The van der Waals surface area contributed by atoms with E-state index in [-0.39, 0.29) is 23.7 Å². The van der Waals surface area contributed by atoms with Crippen molar-refractivity contribution in [3.63, 3.8) is 0 Å². The predicted octanol–water partition coefficient (Wildman–Crippen LogP) is 5.97. The first-order valence-corrected chi connectivity index (χ1v) is 12.7. The summed E-state index contributed by atoms with van der Waals surface area (Å²) >= 11 is 0. The standard InChI is InChI=1S/C27H36F6O4/c1-15(11-20(35)14-25(37,26(28,29)30)27(31,32)33)21-8-9-22-17(5-4-10-24(21,22)3)6-7-18-12-19(34)13-23(36)16(18)2/h6-7,15,19,21-23,34,36-37H,2,4-5,8-14H2,1,3H3/b17-6+,18-7+/t15-,19-,21-,22+,23+,24-/m1/s1. The van der Waals surface area contributed by atoms with Crippen LogP contribution in [0.15, 0.2) is 35.5 Å². The molecule has 0 aromatic rings. The molecule has 0 bridgehead atoms. The number of hydrogen-bond donors (Lipinski definition) is 3. The van der Waals surface area contributed by atoms with Crippen molar-refractivity contribution in [2.24, 2.45) is 23.2 Å². The van der Waals surface area contributed by atoms with Crippen molar-refractivity contribution in [1.82, 2.24) is 0 Å². The molecule has 3 fully saturated rings. The van der Waals surface area contributed by atoms with Crippen molar-refractivity contribution in [3.8, 4) is 0 Å². The third kappa shape index (κ3) is 5.86. The topological polar surface area (TPSA) is 77.8 Å². The Kier molecular flexibility index (Phi) is 8.48. The summed E-state index contributed by atoms with van der Waals surface area (Å²) in [6.45, 7) is 7.68. The molecule has 0 saturated heterocycles. The van der Waals surface area contributed by atoms with Crippen LogP contribution in [0.25, 0.3) is 0 Å². The molecular formula is C27H36F6O4. The number of aliphatic hydroxyl groups excluding tert-OH is 2.